The number of alkyl halides is 1. The van der Waals surface area contributed by atoms with Crippen LogP contribution in [0.15, 0.2) is 6.07 Å². The van der Waals surface area contributed by atoms with Crippen LogP contribution < -0.4 is 0 Å². The zero-order chi connectivity index (χ0) is 12.5. The average Bonchev–Trinajstić information content (AvgIpc) is 2.19. The molecule has 1 aromatic rings. The molecule has 1 aromatic carbocycles. The van der Waals surface area contributed by atoms with E-state index in [1.807, 2.05) is 0 Å². The molecule has 0 amide bonds. The highest BCUT2D eigenvalue weighted by atomic mass is 19.2. The lowest BCUT2D eigenvalue weighted by Crippen LogP contribution is -2.08. The Bertz CT molecular complexity index is 433. The molecule has 0 aliphatic heterocycles. The zero-order valence-corrected chi connectivity index (χ0v) is 7.24. The molecule has 1 unspecified atom stereocenters. The van der Waals surface area contributed by atoms with E-state index in [1.54, 1.807) is 0 Å². The summed E-state index contributed by atoms with van der Waals surface area (Å²) in [6.07, 6.45) is -5.68. The summed E-state index contributed by atoms with van der Waals surface area (Å²) in [7, 11) is 0. The third-order valence-electron chi connectivity index (χ3n) is 1.57. The van der Waals surface area contributed by atoms with E-state index in [0.29, 0.717) is 0 Å². The Morgan fingerprint density at radius 3 is 2.19 bits per heavy atom. The third-order valence-corrected chi connectivity index (χ3v) is 1.57. The second-order valence-corrected chi connectivity index (χ2v) is 2.56. The molecular weight excluding hydrogens is 242 g/mol. The van der Waals surface area contributed by atoms with Gasteiger partial charge in [0.2, 0.25) is 0 Å². The summed E-state index contributed by atoms with van der Waals surface area (Å²) >= 11 is 0. The van der Waals surface area contributed by atoms with Crippen molar-refractivity contribution < 1.29 is 35.9 Å². The number of hydrogen-bond acceptors (Lipinski definition) is 2. The van der Waals surface area contributed by atoms with Crippen LogP contribution >= 0.6 is 0 Å². The van der Waals surface area contributed by atoms with E-state index in [4.69, 9.17) is 0 Å². The summed E-state index contributed by atoms with van der Waals surface area (Å²) in [6.45, 7) is 0. The molecule has 0 fully saturated rings. The van der Waals surface area contributed by atoms with Crippen molar-refractivity contribution in [1.29, 1.82) is 0 Å². The molecule has 0 N–H and O–H groups in total. The fraction of sp³-hybridized carbons (Fsp3) is 0.125. The number of halogens is 6. The van der Waals surface area contributed by atoms with Crippen molar-refractivity contribution in [1.82, 2.24) is 0 Å². The Kier molecular flexibility index (Phi) is 3.41. The molecule has 0 saturated heterocycles. The lowest BCUT2D eigenvalue weighted by atomic mass is 10.2. The van der Waals surface area contributed by atoms with Crippen LogP contribution in [0.25, 0.3) is 0 Å². The van der Waals surface area contributed by atoms with Crippen LogP contribution in [0.3, 0.4) is 0 Å². The maximum Gasteiger partial charge on any atom is 0.498 e. The highest BCUT2D eigenvalue weighted by molar-refractivity contribution is 5.58. The fourth-order valence-corrected chi connectivity index (χ4v) is 0.901. The van der Waals surface area contributed by atoms with Crippen molar-refractivity contribution in [3.8, 4) is 0 Å². The van der Waals surface area contributed by atoms with E-state index in [-0.39, 0.29) is 6.07 Å². The Balaban J connectivity index is 3.19. The largest absolute Gasteiger partial charge is 0.498 e. The number of carbonyl (C=O) groups is 1. The number of ether oxygens (including phenoxy) is 1. The first-order valence-corrected chi connectivity index (χ1v) is 3.67. The van der Waals surface area contributed by atoms with Gasteiger partial charge in [0.15, 0.2) is 23.3 Å². The van der Waals surface area contributed by atoms with Gasteiger partial charge in [0, 0.05) is 0 Å². The van der Waals surface area contributed by atoms with Gasteiger partial charge < -0.3 is 4.74 Å². The minimum atomic E-state index is -3.07. The first kappa shape index (κ1) is 12.3. The minimum Gasteiger partial charge on any atom is -0.401 e. The lowest BCUT2D eigenvalue weighted by molar-refractivity contribution is -0.00412. The van der Waals surface area contributed by atoms with Crippen molar-refractivity contribution in [3.63, 3.8) is 0 Å². The van der Waals surface area contributed by atoms with E-state index in [0.717, 1.165) is 0 Å². The van der Waals surface area contributed by atoms with E-state index in [1.165, 1.54) is 0 Å². The van der Waals surface area contributed by atoms with Crippen LogP contribution in [0.1, 0.15) is 11.9 Å². The van der Waals surface area contributed by atoms with Crippen molar-refractivity contribution in [2.45, 2.75) is 6.36 Å². The normalized spacial score (nSPS) is 12.4. The molecule has 16 heavy (non-hydrogen) atoms. The number of carbonyl (C=O) groups excluding carboxylic acids is 1. The van der Waals surface area contributed by atoms with Crippen LogP contribution in [-0.4, -0.2) is 6.22 Å². The average molecular weight is 244 g/mol. The van der Waals surface area contributed by atoms with Crippen molar-refractivity contribution in [2.75, 3.05) is 0 Å². The minimum absolute atomic E-state index is 0.0820. The van der Waals surface area contributed by atoms with E-state index in [2.05, 4.69) is 4.74 Å². The lowest BCUT2D eigenvalue weighted by Gasteiger charge is -2.09. The molecule has 1 rings (SSSR count). The van der Waals surface area contributed by atoms with E-state index < -0.39 is 41.4 Å². The second-order valence-electron chi connectivity index (χ2n) is 2.56. The van der Waals surface area contributed by atoms with Crippen LogP contribution in [-0.2, 0) is 4.74 Å². The summed E-state index contributed by atoms with van der Waals surface area (Å²) in [5, 5.41) is 0. The smallest absolute Gasteiger partial charge is 0.401 e. The summed E-state index contributed by atoms with van der Waals surface area (Å²) in [6, 6.07) is -0.0820. The molecule has 2 nitrogen and oxygen atoms in total. The van der Waals surface area contributed by atoms with Gasteiger partial charge in [-0.1, -0.05) is 0 Å². The summed E-state index contributed by atoms with van der Waals surface area (Å²) in [5.41, 5.74) is -1.46. The fourth-order valence-electron chi connectivity index (χ4n) is 0.901. The molecule has 0 heterocycles. The predicted molar refractivity (Wildman–Crippen MR) is 37.7 cm³/mol. The molecule has 0 aromatic heterocycles. The second kappa shape index (κ2) is 4.42. The van der Waals surface area contributed by atoms with Gasteiger partial charge in [-0.05, 0) is 6.07 Å². The predicted octanol–water partition coefficient (Wildman–Crippen LogP) is 3.32. The van der Waals surface area contributed by atoms with Crippen LogP contribution in [0.5, 0.6) is 0 Å². The maximum absolute atomic E-state index is 12.8. The van der Waals surface area contributed by atoms with Gasteiger partial charge in [-0.25, -0.2) is 22.4 Å². The standard InChI is InChI=1S/C8H2F6O2/c9-3-1-2(7(13)16-8(14)15)4(10)6(12)5(3)11/h1,7H. The van der Waals surface area contributed by atoms with Gasteiger partial charge in [0.1, 0.15) is 0 Å². The highest BCUT2D eigenvalue weighted by Gasteiger charge is 2.26. The summed E-state index contributed by atoms with van der Waals surface area (Å²) < 4.78 is 77.8. The van der Waals surface area contributed by atoms with Gasteiger partial charge in [-0.2, -0.15) is 4.39 Å². The molecule has 0 radical (unpaired) electrons. The van der Waals surface area contributed by atoms with Gasteiger partial charge >= 0.3 is 6.22 Å². The Hall–Kier alpha value is -1.73. The monoisotopic (exact) mass is 244 g/mol. The molecule has 0 spiro atoms. The molecule has 0 aliphatic rings. The first-order valence-electron chi connectivity index (χ1n) is 3.67. The van der Waals surface area contributed by atoms with E-state index in [9.17, 15) is 31.1 Å². The van der Waals surface area contributed by atoms with Crippen molar-refractivity contribution in [2.24, 2.45) is 0 Å². The number of hydrogen-bond donors (Lipinski definition) is 0. The Morgan fingerprint density at radius 1 is 1.12 bits per heavy atom. The summed E-state index contributed by atoms with van der Waals surface area (Å²) in [5.74, 6) is -8.44. The first-order chi connectivity index (χ1) is 7.34. The molecule has 88 valence electrons. The SMILES string of the molecule is O=C(F)OC(F)c1cc(F)c(F)c(F)c1F. The topological polar surface area (TPSA) is 26.3 Å². The molecule has 0 aliphatic carbocycles. The van der Waals surface area contributed by atoms with Crippen LogP contribution in [0, 0.1) is 23.3 Å². The molecule has 0 bridgehead atoms. The van der Waals surface area contributed by atoms with Crippen molar-refractivity contribution >= 4 is 6.22 Å². The quantitative estimate of drug-likeness (QED) is 0.345. The van der Waals surface area contributed by atoms with Crippen LogP contribution in [0.4, 0.5) is 31.1 Å². The van der Waals surface area contributed by atoms with Crippen molar-refractivity contribution in [3.05, 3.63) is 34.9 Å². The van der Waals surface area contributed by atoms with Crippen LogP contribution in [0.2, 0.25) is 0 Å². The zero-order valence-electron chi connectivity index (χ0n) is 7.24. The van der Waals surface area contributed by atoms with Gasteiger partial charge in [0.25, 0.3) is 6.36 Å². The highest BCUT2D eigenvalue weighted by Crippen LogP contribution is 2.27. The molecule has 0 saturated carbocycles. The Morgan fingerprint density at radius 2 is 1.69 bits per heavy atom. The van der Waals surface area contributed by atoms with E-state index >= 15 is 0 Å². The van der Waals surface area contributed by atoms with Gasteiger partial charge in [-0.3, -0.25) is 0 Å². The van der Waals surface area contributed by atoms with Gasteiger partial charge in [-0.15, -0.1) is 4.39 Å². The molecular formula is C8H2F6O2. The number of benzene rings is 1. The number of rotatable bonds is 2. The Labute approximate surface area is 84.4 Å². The molecule has 8 heteroatoms. The third kappa shape index (κ3) is 2.26. The summed E-state index contributed by atoms with van der Waals surface area (Å²) in [4.78, 5) is 9.66. The maximum atomic E-state index is 12.8. The molecule has 1 atom stereocenters. The van der Waals surface area contributed by atoms with Gasteiger partial charge in [0.05, 0.1) is 5.56 Å².